The summed E-state index contributed by atoms with van der Waals surface area (Å²) in [5.41, 5.74) is 2.40. The van der Waals surface area contributed by atoms with Crippen LogP contribution in [0.25, 0.3) is 16.5 Å². The molecule has 0 spiro atoms. The number of benzene rings is 2. The number of aromatic amines is 1. The average Bonchev–Trinajstić information content (AvgIpc) is 2.46. The first-order valence-corrected chi connectivity index (χ1v) is 6.39. The van der Waals surface area contributed by atoms with Gasteiger partial charge in [0.05, 0.1) is 16.5 Å². The fraction of sp³-hybridized carbons (Fsp3) is 0.125. The molecule has 3 aromatic rings. The van der Waals surface area contributed by atoms with Crippen LogP contribution in [0.4, 0.5) is 0 Å². The SMILES string of the molecule is Cc1ccc(-n2[nH]c(=O)c3ccccc3c2=O)cc1C. The summed E-state index contributed by atoms with van der Waals surface area (Å²) < 4.78 is 1.30. The van der Waals surface area contributed by atoms with Gasteiger partial charge in [0.25, 0.3) is 11.1 Å². The topological polar surface area (TPSA) is 54.9 Å². The largest absolute Gasteiger partial charge is 0.277 e. The summed E-state index contributed by atoms with van der Waals surface area (Å²) in [6, 6.07) is 12.5. The highest BCUT2D eigenvalue weighted by molar-refractivity contribution is 5.80. The number of nitrogens with zero attached hydrogens (tertiary/aromatic N) is 1. The van der Waals surface area contributed by atoms with Gasteiger partial charge in [0.2, 0.25) is 0 Å². The van der Waals surface area contributed by atoms with E-state index in [0.29, 0.717) is 16.5 Å². The Labute approximate surface area is 115 Å². The standard InChI is InChI=1S/C16H14N2O2/c1-10-7-8-12(9-11(10)2)18-16(20)14-6-4-3-5-13(14)15(19)17-18/h3-9H,1-2H3,(H,17,19). The number of rotatable bonds is 1. The fourth-order valence-electron chi connectivity index (χ4n) is 2.25. The monoisotopic (exact) mass is 266 g/mol. The van der Waals surface area contributed by atoms with E-state index in [1.165, 1.54) is 4.68 Å². The summed E-state index contributed by atoms with van der Waals surface area (Å²) in [6.07, 6.45) is 0. The molecule has 1 heterocycles. The van der Waals surface area contributed by atoms with Crippen molar-refractivity contribution in [1.29, 1.82) is 0 Å². The number of nitrogens with one attached hydrogen (secondary N) is 1. The summed E-state index contributed by atoms with van der Waals surface area (Å²) in [5, 5.41) is 3.47. The van der Waals surface area contributed by atoms with Crippen LogP contribution in [-0.2, 0) is 0 Å². The number of hydrogen-bond acceptors (Lipinski definition) is 2. The van der Waals surface area contributed by atoms with Gasteiger partial charge in [0.1, 0.15) is 0 Å². The number of aromatic nitrogens is 2. The Morgan fingerprint density at radius 3 is 2.30 bits per heavy atom. The Hall–Kier alpha value is -2.62. The van der Waals surface area contributed by atoms with Gasteiger partial charge in [-0.2, -0.15) is 0 Å². The highest BCUT2D eigenvalue weighted by Crippen LogP contribution is 2.12. The van der Waals surface area contributed by atoms with Gasteiger partial charge >= 0.3 is 0 Å². The molecule has 0 amide bonds. The zero-order chi connectivity index (χ0) is 14.3. The maximum absolute atomic E-state index is 12.5. The van der Waals surface area contributed by atoms with Crippen LogP contribution in [0.1, 0.15) is 11.1 Å². The highest BCUT2D eigenvalue weighted by Gasteiger charge is 2.08. The molecule has 3 rings (SSSR count). The molecule has 0 bridgehead atoms. The first-order chi connectivity index (χ1) is 9.58. The van der Waals surface area contributed by atoms with Gasteiger partial charge in [-0.05, 0) is 49.2 Å². The normalized spacial score (nSPS) is 10.9. The van der Waals surface area contributed by atoms with Crippen molar-refractivity contribution in [3.63, 3.8) is 0 Å². The van der Waals surface area contributed by atoms with Crippen LogP contribution in [0.15, 0.2) is 52.1 Å². The minimum absolute atomic E-state index is 0.219. The number of H-pyrrole nitrogens is 1. The quantitative estimate of drug-likeness (QED) is 0.734. The number of aryl methyl sites for hydroxylation is 2. The fourth-order valence-corrected chi connectivity index (χ4v) is 2.25. The third-order valence-electron chi connectivity index (χ3n) is 3.57. The van der Waals surface area contributed by atoms with Crippen LogP contribution in [0.5, 0.6) is 0 Å². The summed E-state index contributed by atoms with van der Waals surface area (Å²) in [5.74, 6) is 0. The summed E-state index contributed by atoms with van der Waals surface area (Å²) in [4.78, 5) is 24.5. The summed E-state index contributed by atoms with van der Waals surface area (Å²) in [6.45, 7) is 3.98. The summed E-state index contributed by atoms with van der Waals surface area (Å²) >= 11 is 0. The van der Waals surface area contributed by atoms with Crippen molar-refractivity contribution in [2.24, 2.45) is 0 Å². The Balaban J connectivity index is 2.37. The minimum atomic E-state index is -0.265. The van der Waals surface area contributed by atoms with E-state index < -0.39 is 0 Å². The lowest BCUT2D eigenvalue weighted by molar-refractivity contribution is 0.800. The van der Waals surface area contributed by atoms with E-state index in [9.17, 15) is 9.59 Å². The van der Waals surface area contributed by atoms with E-state index >= 15 is 0 Å². The molecule has 0 atom stereocenters. The molecule has 0 saturated carbocycles. The van der Waals surface area contributed by atoms with Crippen LogP contribution in [0, 0.1) is 13.8 Å². The van der Waals surface area contributed by atoms with E-state index in [4.69, 9.17) is 0 Å². The van der Waals surface area contributed by atoms with Crippen molar-refractivity contribution in [1.82, 2.24) is 9.78 Å². The van der Waals surface area contributed by atoms with Crippen LogP contribution in [0.3, 0.4) is 0 Å². The van der Waals surface area contributed by atoms with Crippen molar-refractivity contribution >= 4 is 10.8 Å². The van der Waals surface area contributed by atoms with Crippen molar-refractivity contribution in [3.8, 4) is 5.69 Å². The molecular weight excluding hydrogens is 252 g/mol. The molecule has 2 aromatic carbocycles. The lowest BCUT2D eigenvalue weighted by Gasteiger charge is -2.09. The molecule has 0 radical (unpaired) electrons. The number of hydrogen-bond donors (Lipinski definition) is 1. The van der Waals surface area contributed by atoms with E-state index in [0.717, 1.165) is 11.1 Å². The van der Waals surface area contributed by atoms with Crippen molar-refractivity contribution in [2.75, 3.05) is 0 Å². The van der Waals surface area contributed by atoms with Gasteiger partial charge < -0.3 is 0 Å². The molecule has 0 aliphatic heterocycles. The molecule has 0 unspecified atom stereocenters. The van der Waals surface area contributed by atoms with Crippen molar-refractivity contribution < 1.29 is 0 Å². The predicted molar refractivity (Wildman–Crippen MR) is 79.6 cm³/mol. The maximum atomic E-state index is 12.5. The molecule has 100 valence electrons. The molecule has 1 aromatic heterocycles. The Bertz CT molecular complexity index is 920. The molecule has 0 saturated heterocycles. The molecule has 4 heteroatoms. The smallest absolute Gasteiger partial charge is 0.267 e. The van der Waals surface area contributed by atoms with Crippen LogP contribution in [-0.4, -0.2) is 9.78 Å². The molecule has 1 N–H and O–H groups in total. The Morgan fingerprint density at radius 1 is 0.900 bits per heavy atom. The molecule has 0 aliphatic rings. The van der Waals surface area contributed by atoms with Gasteiger partial charge in [-0.3, -0.25) is 14.7 Å². The third-order valence-corrected chi connectivity index (χ3v) is 3.57. The second-order valence-corrected chi connectivity index (χ2v) is 4.90. The van der Waals surface area contributed by atoms with Gasteiger partial charge in [-0.25, -0.2) is 4.68 Å². The van der Waals surface area contributed by atoms with E-state index in [1.807, 2.05) is 32.0 Å². The third kappa shape index (κ3) is 1.86. The zero-order valence-corrected chi connectivity index (χ0v) is 11.3. The van der Waals surface area contributed by atoms with E-state index in [2.05, 4.69) is 5.10 Å². The van der Waals surface area contributed by atoms with Gasteiger partial charge in [-0.15, -0.1) is 0 Å². The second-order valence-electron chi connectivity index (χ2n) is 4.90. The molecule has 4 nitrogen and oxygen atoms in total. The van der Waals surface area contributed by atoms with E-state index in [-0.39, 0.29) is 11.1 Å². The first-order valence-electron chi connectivity index (χ1n) is 6.39. The van der Waals surface area contributed by atoms with Crippen LogP contribution in [0.2, 0.25) is 0 Å². The predicted octanol–water partition coefficient (Wildman–Crippen LogP) is 2.30. The summed E-state index contributed by atoms with van der Waals surface area (Å²) in [7, 11) is 0. The van der Waals surface area contributed by atoms with Gasteiger partial charge in [0, 0.05) is 0 Å². The minimum Gasteiger partial charge on any atom is -0.267 e. The Kier molecular flexibility index (Phi) is 2.79. The zero-order valence-electron chi connectivity index (χ0n) is 11.3. The van der Waals surface area contributed by atoms with Crippen LogP contribution >= 0.6 is 0 Å². The number of fused-ring (bicyclic) bond motifs is 1. The average molecular weight is 266 g/mol. The van der Waals surface area contributed by atoms with Gasteiger partial charge in [0.15, 0.2) is 0 Å². The van der Waals surface area contributed by atoms with Gasteiger partial charge in [-0.1, -0.05) is 18.2 Å². The van der Waals surface area contributed by atoms with Crippen molar-refractivity contribution in [2.45, 2.75) is 13.8 Å². The Morgan fingerprint density at radius 2 is 1.60 bits per heavy atom. The first kappa shape index (κ1) is 12.4. The second kappa shape index (κ2) is 4.49. The van der Waals surface area contributed by atoms with E-state index in [1.54, 1.807) is 24.3 Å². The van der Waals surface area contributed by atoms with Crippen LogP contribution < -0.4 is 11.1 Å². The van der Waals surface area contributed by atoms with Crippen molar-refractivity contribution in [3.05, 3.63) is 74.3 Å². The molecule has 0 aliphatic carbocycles. The molecule has 0 fully saturated rings. The molecule has 20 heavy (non-hydrogen) atoms. The lowest BCUT2D eigenvalue weighted by Crippen LogP contribution is -2.28. The highest BCUT2D eigenvalue weighted by atomic mass is 16.2. The molecular formula is C16H14N2O2. The lowest BCUT2D eigenvalue weighted by atomic mass is 10.1. The maximum Gasteiger partial charge on any atom is 0.277 e.